The number of thiazole rings is 1. The number of rotatable bonds is 8. The van der Waals surface area contributed by atoms with E-state index in [0.29, 0.717) is 12.2 Å². The van der Waals surface area contributed by atoms with E-state index in [0.717, 1.165) is 47.1 Å². The number of anilines is 1. The second kappa shape index (κ2) is 8.84. The van der Waals surface area contributed by atoms with Gasteiger partial charge in [-0.15, -0.1) is 0 Å². The predicted molar refractivity (Wildman–Crippen MR) is 116 cm³/mol. The van der Waals surface area contributed by atoms with Crippen LogP contribution in [0, 0.1) is 13.8 Å². The molecule has 0 aliphatic heterocycles. The van der Waals surface area contributed by atoms with Gasteiger partial charge in [0.25, 0.3) is 5.91 Å². The summed E-state index contributed by atoms with van der Waals surface area (Å²) >= 11 is 1.59. The molecule has 0 atom stereocenters. The molecule has 0 radical (unpaired) electrons. The quantitative estimate of drug-likeness (QED) is 0.572. The number of aromatic nitrogens is 3. The van der Waals surface area contributed by atoms with Gasteiger partial charge in [0.2, 0.25) is 0 Å². The molecule has 0 aliphatic rings. The van der Waals surface area contributed by atoms with Crippen LogP contribution in [-0.4, -0.2) is 51.8 Å². The van der Waals surface area contributed by atoms with Crippen molar-refractivity contribution in [1.29, 1.82) is 0 Å². The summed E-state index contributed by atoms with van der Waals surface area (Å²) in [5, 5.41) is 5.17. The highest BCUT2D eigenvalue weighted by atomic mass is 32.1. The molecule has 2 aromatic heterocycles. The molecule has 0 N–H and O–H groups in total. The van der Waals surface area contributed by atoms with E-state index in [-0.39, 0.29) is 5.91 Å². The van der Waals surface area contributed by atoms with Crippen molar-refractivity contribution in [3.8, 4) is 0 Å². The summed E-state index contributed by atoms with van der Waals surface area (Å²) in [6, 6.07) is 6.00. The molecule has 0 bridgehead atoms. The SMILES string of the molecule is CCN(CC)CCN(C(=O)c1ccn(CC)n1)c1nc2c(C)ccc(C)c2s1. The molecule has 0 saturated heterocycles. The second-order valence-corrected chi connectivity index (χ2v) is 7.89. The average molecular weight is 400 g/mol. The molecule has 0 unspecified atom stereocenters. The third-order valence-electron chi connectivity index (χ3n) is 5.12. The molecular formula is C21H29N5OS. The fourth-order valence-corrected chi connectivity index (χ4v) is 4.36. The summed E-state index contributed by atoms with van der Waals surface area (Å²) in [7, 11) is 0. The largest absolute Gasteiger partial charge is 0.302 e. The average Bonchev–Trinajstić information content (AvgIpc) is 3.36. The summed E-state index contributed by atoms with van der Waals surface area (Å²) < 4.78 is 2.93. The van der Waals surface area contributed by atoms with Gasteiger partial charge in [0.1, 0.15) is 0 Å². The van der Waals surface area contributed by atoms with Crippen molar-refractivity contribution in [2.45, 2.75) is 41.2 Å². The molecule has 6 nitrogen and oxygen atoms in total. The van der Waals surface area contributed by atoms with E-state index in [1.807, 2.05) is 13.1 Å². The van der Waals surface area contributed by atoms with E-state index >= 15 is 0 Å². The minimum Gasteiger partial charge on any atom is -0.302 e. The smallest absolute Gasteiger partial charge is 0.280 e. The minimum atomic E-state index is -0.0891. The Morgan fingerprint density at radius 1 is 1.07 bits per heavy atom. The summed E-state index contributed by atoms with van der Waals surface area (Å²) in [5.41, 5.74) is 3.78. The first-order valence-electron chi connectivity index (χ1n) is 9.92. The molecule has 28 heavy (non-hydrogen) atoms. The van der Waals surface area contributed by atoms with Crippen LogP contribution in [0.15, 0.2) is 24.4 Å². The first kappa shape index (κ1) is 20.5. The number of hydrogen-bond acceptors (Lipinski definition) is 5. The topological polar surface area (TPSA) is 54.3 Å². The van der Waals surface area contributed by atoms with Gasteiger partial charge in [0.05, 0.1) is 10.2 Å². The van der Waals surface area contributed by atoms with Gasteiger partial charge >= 0.3 is 0 Å². The van der Waals surface area contributed by atoms with Gasteiger partial charge in [-0.1, -0.05) is 37.3 Å². The van der Waals surface area contributed by atoms with Crippen LogP contribution in [0.4, 0.5) is 5.13 Å². The molecule has 0 fully saturated rings. The Bertz CT molecular complexity index is 918. The lowest BCUT2D eigenvalue weighted by atomic mass is 10.1. The summed E-state index contributed by atoms with van der Waals surface area (Å²) in [5.74, 6) is -0.0891. The number of carbonyl (C=O) groups excluding carboxylic acids is 1. The zero-order valence-electron chi connectivity index (χ0n) is 17.4. The van der Waals surface area contributed by atoms with Crippen molar-refractivity contribution in [3.05, 3.63) is 41.2 Å². The van der Waals surface area contributed by atoms with Crippen molar-refractivity contribution in [2.24, 2.45) is 0 Å². The highest BCUT2D eigenvalue weighted by Crippen LogP contribution is 2.33. The molecule has 3 rings (SSSR count). The molecule has 7 heteroatoms. The minimum absolute atomic E-state index is 0.0891. The predicted octanol–water partition coefficient (Wildman–Crippen LogP) is 4.12. The molecule has 3 aromatic rings. The van der Waals surface area contributed by atoms with Gasteiger partial charge in [-0.2, -0.15) is 5.10 Å². The monoisotopic (exact) mass is 399 g/mol. The highest BCUT2D eigenvalue weighted by molar-refractivity contribution is 7.22. The van der Waals surface area contributed by atoms with Crippen LogP contribution in [-0.2, 0) is 6.54 Å². The normalized spacial score (nSPS) is 11.5. The maximum Gasteiger partial charge on any atom is 0.280 e. The zero-order chi connectivity index (χ0) is 20.3. The van der Waals surface area contributed by atoms with Gasteiger partial charge in [-0.3, -0.25) is 14.4 Å². The maximum atomic E-state index is 13.3. The molecule has 150 valence electrons. The van der Waals surface area contributed by atoms with Crippen LogP contribution < -0.4 is 4.90 Å². The number of amides is 1. The zero-order valence-corrected chi connectivity index (χ0v) is 18.2. The van der Waals surface area contributed by atoms with Gasteiger partial charge < -0.3 is 4.90 Å². The lowest BCUT2D eigenvalue weighted by Gasteiger charge is -2.24. The van der Waals surface area contributed by atoms with E-state index in [4.69, 9.17) is 4.98 Å². The third-order valence-corrected chi connectivity index (χ3v) is 6.34. The third kappa shape index (κ3) is 4.10. The number of benzene rings is 1. The van der Waals surface area contributed by atoms with Crippen LogP contribution in [0.2, 0.25) is 0 Å². The Balaban J connectivity index is 1.99. The Hall–Kier alpha value is -2.25. The van der Waals surface area contributed by atoms with Crippen LogP contribution >= 0.6 is 11.3 Å². The van der Waals surface area contributed by atoms with Crippen LogP contribution in [0.5, 0.6) is 0 Å². The fourth-order valence-electron chi connectivity index (χ4n) is 3.22. The number of fused-ring (bicyclic) bond motifs is 1. The number of nitrogens with zero attached hydrogens (tertiary/aromatic N) is 5. The summed E-state index contributed by atoms with van der Waals surface area (Å²) in [4.78, 5) is 22.3. The molecule has 0 aliphatic carbocycles. The Morgan fingerprint density at radius 3 is 2.39 bits per heavy atom. The Morgan fingerprint density at radius 2 is 1.79 bits per heavy atom. The van der Waals surface area contributed by atoms with Crippen LogP contribution in [0.1, 0.15) is 42.4 Å². The fraction of sp³-hybridized carbons (Fsp3) is 0.476. The second-order valence-electron chi connectivity index (χ2n) is 6.91. The first-order valence-corrected chi connectivity index (χ1v) is 10.7. The van der Waals surface area contributed by atoms with Crippen molar-refractivity contribution in [2.75, 3.05) is 31.1 Å². The molecular weight excluding hydrogens is 370 g/mol. The van der Waals surface area contributed by atoms with Crippen LogP contribution in [0.3, 0.4) is 0 Å². The lowest BCUT2D eigenvalue weighted by Crippen LogP contribution is -2.39. The summed E-state index contributed by atoms with van der Waals surface area (Å²) in [6.45, 7) is 14.5. The van der Waals surface area contributed by atoms with E-state index in [1.165, 1.54) is 5.56 Å². The molecule has 0 spiro atoms. The standard InChI is InChI=1S/C21H29N5OS/c1-6-24(7-2)13-14-26(20(27)17-11-12-25(8-3)23-17)21-22-18-15(4)9-10-16(5)19(18)28-21/h9-12H,6-8,13-14H2,1-5H3. The van der Waals surface area contributed by atoms with Crippen molar-refractivity contribution < 1.29 is 4.79 Å². The highest BCUT2D eigenvalue weighted by Gasteiger charge is 2.24. The van der Waals surface area contributed by atoms with Gasteiger partial charge in [0, 0.05) is 25.8 Å². The number of hydrogen-bond donors (Lipinski definition) is 0. The number of carbonyl (C=O) groups is 1. The first-order chi connectivity index (χ1) is 13.5. The van der Waals surface area contributed by atoms with Crippen molar-refractivity contribution >= 4 is 32.6 Å². The van der Waals surface area contributed by atoms with E-state index < -0.39 is 0 Å². The lowest BCUT2D eigenvalue weighted by molar-refractivity contribution is 0.0978. The van der Waals surface area contributed by atoms with Gasteiger partial charge in [0.15, 0.2) is 10.8 Å². The molecule has 0 saturated carbocycles. The van der Waals surface area contributed by atoms with Crippen LogP contribution in [0.25, 0.3) is 10.2 Å². The molecule has 1 aromatic carbocycles. The molecule has 1 amide bonds. The van der Waals surface area contributed by atoms with Gasteiger partial charge in [-0.05, 0) is 51.1 Å². The Kier molecular flexibility index (Phi) is 6.46. The van der Waals surface area contributed by atoms with E-state index in [1.54, 1.807) is 27.0 Å². The maximum absolute atomic E-state index is 13.3. The Labute approximate surface area is 170 Å². The summed E-state index contributed by atoms with van der Waals surface area (Å²) in [6.07, 6.45) is 1.85. The number of aryl methyl sites for hydroxylation is 3. The van der Waals surface area contributed by atoms with E-state index in [2.05, 4.69) is 49.8 Å². The van der Waals surface area contributed by atoms with E-state index in [9.17, 15) is 4.79 Å². The number of likely N-dealkylation sites (N-methyl/N-ethyl adjacent to an activating group) is 1. The van der Waals surface area contributed by atoms with Gasteiger partial charge in [-0.25, -0.2) is 4.98 Å². The molecule has 2 heterocycles. The van der Waals surface area contributed by atoms with Crippen molar-refractivity contribution in [3.63, 3.8) is 0 Å². The van der Waals surface area contributed by atoms with Crippen molar-refractivity contribution in [1.82, 2.24) is 19.7 Å².